The first-order valence-corrected chi connectivity index (χ1v) is 11.6. The van der Waals surface area contributed by atoms with Crippen molar-refractivity contribution in [1.29, 1.82) is 0 Å². The number of nitrogens with zero attached hydrogens (tertiary/aromatic N) is 3. The summed E-state index contributed by atoms with van der Waals surface area (Å²) >= 11 is 3.19. The fraction of sp³-hybridized carbons (Fsp3) is 0.0870. The molecule has 2 atom stereocenters. The van der Waals surface area contributed by atoms with Crippen LogP contribution in [-0.2, 0) is 11.3 Å². The average molecular weight is 557 g/mol. The monoisotopic (exact) mass is 556 g/mol. The van der Waals surface area contributed by atoms with Crippen molar-refractivity contribution in [3.8, 4) is 0 Å². The van der Waals surface area contributed by atoms with E-state index in [0.717, 1.165) is 16.4 Å². The van der Waals surface area contributed by atoms with Crippen LogP contribution >= 0.6 is 11.6 Å². The van der Waals surface area contributed by atoms with Crippen molar-refractivity contribution >= 4 is 51.2 Å². The van der Waals surface area contributed by atoms with E-state index in [2.05, 4.69) is 9.97 Å². The fourth-order valence-electron chi connectivity index (χ4n) is 3.58. The summed E-state index contributed by atoms with van der Waals surface area (Å²) in [4.78, 5) is 21.4. The lowest BCUT2D eigenvalue weighted by molar-refractivity contribution is -0.155. The quantitative estimate of drug-likeness (QED) is 0.229. The molecule has 2 unspecified atom stereocenters. The van der Waals surface area contributed by atoms with E-state index in [-0.39, 0.29) is 28.0 Å². The Morgan fingerprint density at radius 3 is 2.43 bits per heavy atom. The van der Waals surface area contributed by atoms with Crippen LogP contribution in [0.4, 0.5) is 33.3 Å². The Balaban J connectivity index is 1.83. The highest BCUT2D eigenvalue weighted by Gasteiger charge is 2.44. The van der Waals surface area contributed by atoms with Gasteiger partial charge in [0.1, 0.15) is 17.2 Å². The van der Waals surface area contributed by atoms with Crippen LogP contribution in [0.5, 0.6) is 0 Å². The van der Waals surface area contributed by atoms with Gasteiger partial charge in [-0.15, -0.1) is 0 Å². The molecule has 4 rings (SSSR count). The number of carbonyl (C=O) groups is 1. The third kappa shape index (κ3) is 5.53. The predicted molar refractivity (Wildman–Crippen MR) is 127 cm³/mol. The molecule has 3 aromatic carbocycles. The smallest absolute Gasteiger partial charge is 0.337 e. The fourth-order valence-corrected chi connectivity index (χ4v) is 4.39. The van der Waals surface area contributed by atoms with Gasteiger partial charge >= 0.3 is 6.18 Å². The number of hydrogen-bond acceptors (Lipinski definition) is 4. The number of benzene rings is 3. The molecule has 37 heavy (non-hydrogen) atoms. The van der Waals surface area contributed by atoms with Gasteiger partial charge in [0.25, 0.3) is 17.2 Å². The van der Waals surface area contributed by atoms with Gasteiger partial charge in [-0.1, -0.05) is 23.7 Å². The zero-order valence-corrected chi connectivity index (χ0v) is 19.8. The Morgan fingerprint density at radius 2 is 1.76 bits per heavy atom. The number of para-hydroxylation sites is 1. The zero-order valence-electron chi connectivity index (χ0n) is 18.2. The molecule has 1 heterocycles. The van der Waals surface area contributed by atoms with E-state index in [1.54, 1.807) is 11.4 Å². The van der Waals surface area contributed by atoms with Crippen LogP contribution in [0.25, 0.3) is 11.0 Å². The van der Waals surface area contributed by atoms with Gasteiger partial charge in [-0.25, -0.2) is 17.3 Å². The maximum atomic E-state index is 14.2. The number of halogens is 6. The maximum absolute atomic E-state index is 14.2. The van der Waals surface area contributed by atoms with Crippen LogP contribution in [0, 0.1) is 11.6 Å². The summed E-state index contributed by atoms with van der Waals surface area (Å²) in [7, 11) is 0. The summed E-state index contributed by atoms with van der Waals surface area (Å²) in [5.41, 5.74) is -1.38. The average Bonchev–Trinajstić information content (AvgIpc) is 2.82. The van der Waals surface area contributed by atoms with Gasteiger partial charge in [-0.3, -0.25) is 19.3 Å². The van der Waals surface area contributed by atoms with Gasteiger partial charge in [0.2, 0.25) is 0 Å². The number of amides is 1. The van der Waals surface area contributed by atoms with E-state index in [1.165, 1.54) is 30.6 Å². The number of hydrogen-bond donors (Lipinski definition) is 2. The summed E-state index contributed by atoms with van der Waals surface area (Å²) < 4.78 is 92.3. The van der Waals surface area contributed by atoms with Crippen molar-refractivity contribution in [2.24, 2.45) is 0 Å². The van der Waals surface area contributed by atoms with Crippen molar-refractivity contribution < 1.29 is 35.5 Å². The van der Waals surface area contributed by atoms with Gasteiger partial charge in [-0.2, -0.15) is 13.2 Å². The second-order valence-electron chi connectivity index (χ2n) is 7.50. The normalized spacial score (nSPS) is 13.3. The first-order chi connectivity index (χ1) is 17.5. The van der Waals surface area contributed by atoms with Crippen molar-refractivity contribution in [3.05, 3.63) is 94.8 Å². The standard InChI is InChI=1S/C23H14ClF5N4O3S/c24-12-4-6-15(22(34)32-21(23(27,28)29)14-7-5-13(25)11-16(14)26)19(10-12)33(37(35)36)18-3-1-2-17-20(18)31-9-8-30-17/h1-11,21H,(H,32,34)(H,35,36). The molecule has 0 aliphatic heterocycles. The second-order valence-corrected chi connectivity index (χ2v) is 8.76. The number of rotatable bonds is 6. The van der Waals surface area contributed by atoms with E-state index >= 15 is 0 Å². The molecule has 0 aliphatic carbocycles. The molecule has 0 bridgehead atoms. The molecule has 2 N–H and O–H groups in total. The van der Waals surface area contributed by atoms with Gasteiger partial charge < -0.3 is 5.32 Å². The molecule has 7 nitrogen and oxygen atoms in total. The number of aromatic nitrogens is 2. The lowest BCUT2D eigenvalue weighted by atomic mass is 10.0. The summed E-state index contributed by atoms with van der Waals surface area (Å²) in [5.74, 6) is -4.00. The number of nitrogens with one attached hydrogen (secondary N) is 1. The molecule has 4 aromatic rings. The maximum Gasteiger partial charge on any atom is 0.412 e. The van der Waals surface area contributed by atoms with E-state index in [4.69, 9.17) is 11.6 Å². The molecule has 0 saturated carbocycles. The highest BCUT2D eigenvalue weighted by molar-refractivity contribution is 7.81. The van der Waals surface area contributed by atoms with Gasteiger partial charge in [-0.05, 0) is 36.4 Å². The van der Waals surface area contributed by atoms with E-state index in [9.17, 15) is 35.5 Å². The molecule has 0 aliphatic rings. The first kappa shape index (κ1) is 26.4. The molecule has 0 spiro atoms. The lowest BCUT2D eigenvalue weighted by Gasteiger charge is -2.26. The minimum atomic E-state index is -5.17. The molecule has 192 valence electrons. The SMILES string of the molecule is O=C(NC(c1ccc(F)cc1F)C(F)(F)F)c1ccc(Cl)cc1N(c1cccc2nccnc12)S(=O)O. The highest BCUT2D eigenvalue weighted by atomic mass is 35.5. The Labute approximate surface area is 213 Å². The molecule has 1 amide bonds. The van der Waals surface area contributed by atoms with E-state index < -0.39 is 52.2 Å². The number of fused-ring (bicyclic) bond motifs is 1. The summed E-state index contributed by atoms with van der Waals surface area (Å²) in [6.45, 7) is 0. The number of carbonyl (C=O) groups excluding carboxylic acids is 1. The van der Waals surface area contributed by atoms with Crippen LogP contribution in [0.1, 0.15) is 22.0 Å². The summed E-state index contributed by atoms with van der Waals surface area (Å²) in [6, 6.07) is 6.35. The Bertz CT molecular complexity index is 1520. The summed E-state index contributed by atoms with van der Waals surface area (Å²) in [5, 5.41) is 1.68. The van der Waals surface area contributed by atoms with Crippen molar-refractivity contribution in [3.63, 3.8) is 0 Å². The number of alkyl halides is 3. The second kappa shape index (κ2) is 10.4. The van der Waals surface area contributed by atoms with Gasteiger partial charge in [0.15, 0.2) is 6.04 Å². The number of anilines is 2. The summed E-state index contributed by atoms with van der Waals surface area (Å²) in [6.07, 6.45) is -2.47. The zero-order chi connectivity index (χ0) is 26.9. The van der Waals surface area contributed by atoms with Crippen LogP contribution in [0.15, 0.2) is 67.0 Å². The van der Waals surface area contributed by atoms with Crippen molar-refractivity contribution in [1.82, 2.24) is 15.3 Å². The topological polar surface area (TPSA) is 95.4 Å². The molecular weight excluding hydrogens is 543 g/mol. The Morgan fingerprint density at radius 1 is 1.03 bits per heavy atom. The minimum absolute atomic E-state index is 0.000277. The van der Waals surface area contributed by atoms with Crippen LogP contribution in [0.2, 0.25) is 5.02 Å². The van der Waals surface area contributed by atoms with Crippen LogP contribution in [0.3, 0.4) is 0 Å². The van der Waals surface area contributed by atoms with Gasteiger partial charge in [0.05, 0.1) is 22.5 Å². The molecule has 0 fully saturated rings. The van der Waals surface area contributed by atoms with Crippen LogP contribution in [-0.4, -0.2) is 30.8 Å². The van der Waals surface area contributed by atoms with Gasteiger partial charge in [0, 0.05) is 29.0 Å². The van der Waals surface area contributed by atoms with Crippen molar-refractivity contribution in [2.75, 3.05) is 4.31 Å². The highest BCUT2D eigenvalue weighted by Crippen LogP contribution is 2.38. The molecule has 14 heteroatoms. The first-order valence-electron chi connectivity index (χ1n) is 10.2. The van der Waals surface area contributed by atoms with E-state index in [0.29, 0.717) is 17.6 Å². The predicted octanol–water partition coefficient (Wildman–Crippen LogP) is 5.87. The van der Waals surface area contributed by atoms with Crippen LogP contribution < -0.4 is 9.62 Å². The van der Waals surface area contributed by atoms with E-state index in [1.807, 2.05) is 0 Å². The minimum Gasteiger partial charge on any atom is -0.337 e. The molecule has 0 radical (unpaired) electrons. The Hall–Kier alpha value is -3.68. The lowest BCUT2D eigenvalue weighted by Crippen LogP contribution is -2.39. The third-order valence-corrected chi connectivity index (χ3v) is 6.09. The molecule has 1 aromatic heterocycles. The molecular formula is C23H14ClF5N4O3S. The third-order valence-electron chi connectivity index (χ3n) is 5.15. The molecule has 0 saturated heterocycles. The van der Waals surface area contributed by atoms with Crippen molar-refractivity contribution in [2.45, 2.75) is 12.2 Å². The largest absolute Gasteiger partial charge is 0.412 e. The Kier molecular flexibility index (Phi) is 7.39.